The van der Waals surface area contributed by atoms with E-state index >= 15 is 0 Å². The van der Waals surface area contributed by atoms with Gasteiger partial charge in [0.2, 0.25) is 0 Å². The predicted molar refractivity (Wildman–Crippen MR) is 98.1 cm³/mol. The molecule has 2 fully saturated rings. The molecule has 5 heteroatoms. The first-order valence-corrected chi connectivity index (χ1v) is 9.36. The topological polar surface area (TPSA) is 50.8 Å². The van der Waals surface area contributed by atoms with Gasteiger partial charge >= 0.3 is 6.03 Å². The fourth-order valence-electron chi connectivity index (χ4n) is 4.38. The van der Waals surface area contributed by atoms with E-state index in [0.29, 0.717) is 13.2 Å². The number of hydrogen-bond donors (Lipinski definition) is 1. The van der Waals surface area contributed by atoms with E-state index in [2.05, 4.69) is 17.4 Å². The SMILES string of the molecule is COC[C@@H]1CCCN1C(=O)NCC1(c2ccc(OC)cc2)CCCC1. The summed E-state index contributed by atoms with van der Waals surface area (Å²) in [5, 5.41) is 3.22. The molecule has 0 aromatic heterocycles. The van der Waals surface area contributed by atoms with Crippen molar-refractivity contribution in [2.24, 2.45) is 0 Å². The van der Waals surface area contributed by atoms with Gasteiger partial charge in [-0.3, -0.25) is 0 Å². The molecular formula is C20H30N2O3. The van der Waals surface area contributed by atoms with Crippen LogP contribution >= 0.6 is 0 Å². The standard InChI is InChI=1S/C20H30N2O3/c1-24-14-17-6-5-13-22(17)19(23)21-15-20(11-3-4-12-20)16-7-9-18(25-2)10-8-16/h7-10,17H,3-6,11-15H2,1-2H3,(H,21,23)/t17-/m0/s1. The van der Waals surface area contributed by atoms with Crippen molar-refractivity contribution in [2.75, 3.05) is 33.9 Å². The van der Waals surface area contributed by atoms with Gasteiger partial charge in [0.05, 0.1) is 19.8 Å². The zero-order chi connectivity index (χ0) is 17.7. The molecule has 0 unspecified atom stereocenters. The monoisotopic (exact) mass is 346 g/mol. The molecule has 25 heavy (non-hydrogen) atoms. The van der Waals surface area contributed by atoms with Gasteiger partial charge < -0.3 is 19.7 Å². The van der Waals surface area contributed by atoms with E-state index in [9.17, 15) is 4.79 Å². The Balaban J connectivity index is 1.66. The maximum atomic E-state index is 12.7. The Labute approximate surface area is 150 Å². The highest BCUT2D eigenvalue weighted by molar-refractivity contribution is 5.75. The first kappa shape index (κ1) is 18.1. The summed E-state index contributed by atoms with van der Waals surface area (Å²) in [5.41, 5.74) is 1.36. The average molecular weight is 346 g/mol. The molecule has 1 heterocycles. The summed E-state index contributed by atoms with van der Waals surface area (Å²) < 4.78 is 10.5. The van der Waals surface area contributed by atoms with Crippen molar-refractivity contribution in [3.8, 4) is 5.75 Å². The van der Waals surface area contributed by atoms with E-state index in [-0.39, 0.29) is 17.5 Å². The molecule has 3 rings (SSSR count). The number of amides is 2. The molecule has 1 saturated carbocycles. The lowest BCUT2D eigenvalue weighted by Gasteiger charge is -2.32. The number of nitrogens with zero attached hydrogens (tertiary/aromatic N) is 1. The van der Waals surface area contributed by atoms with E-state index < -0.39 is 0 Å². The molecule has 0 spiro atoms. The van der Waals surface area contributed by atoms with E-state index in [1.807, 2.05) is 17.0 Å². The first-order chi connectivity index (χ1) is 12.2. The number of likely N-dealkylation sites (tertiary alicyclic amines) is 1. The second kappa shape index (κ2) is 8.09. The van der Waals surface area contributed by atoms with Crippen LogP contribution in [0.15, 0.2) is 24.3 Å². The zero-order valence-corrected chi connectivity index (χ0v) is 15.4. The van der Waals surface area contributed by atoms with Crippen LogP contribution in [0, 0.1) is 0 Å². The number of carbonyl (C=O) groups is 1. The molecule has 1 aromatic carbocycles. The smallest absolute Gasteiger partial charge is 0.317 e. The summed E-state index contributed by atoms with van der Waals surface area (Å²) in [5.74, 6) is 0.875. The third kappa shape index (κ3) is 3.92. The Bertz CT molecular complexity index is 567. The van der Waals surface area contributed by atoms with Gasteiger partial charge in [0.1, 0.15) is 5.75 Å². The van der Waals surface area contributed by atoms with Gasteiger partial charge in [-0.1, -0.05) is 25.0 Å². The lowest BCUT2D eigenvalue weighted by atomic mass is 9.79. The van der Waals surface area contributed by atoms with Crippen LogP contribution < -0.4 is 10.1 Å². The van der Waals surface area contributed by atoms with Crippen LogP contribution in [0.3, 0.4) is 0 Å². The van der Waals surface area contributed by atoms with Gasteiger partial charge in [0.25, 0.3) is 0 Å². The van der Waals surface area contributed by atoms with Crippen molar-refractivity contribution in [3.05, 3.63) is 29.8 Å². The molecule has 1 aromatic rings. The fraction of sp³-hybridized carbons (Fsp3) is 0.650. The summed E-state index contributed by atoms with van der Waals surface area (Å²) in [4.78, 5) is 14.6. The Morgan fingerprint density at radius 2 is 1.92 bits per heavy atom. The predicted octanol–water partition coefficient (Wildman–Crippen LogP) is 3.33. The molecule has 1 saturated heterocycles. The molecule has 1 atom stereocenters. The van der Waals surface area contributed by atoms with E-state index in [1.165, 1.54) is 18.4 Å². The maximum Gasteiger partial charge on any atom is 0.317 e. The molecule has 2 amide bonds. The lowest BCUT2D eigenvalue weighted by molar-refractivity contribution is 0.122. The highest BCUT2D eigenvalue weighted by Crippen LogP contribution is 2.41. The van der Waals surface area contributed by atoms with Crippen molar-refractivity contribution in [1.82, 2.24) is 10.2 Å². The van der Waals surface area contributed by atoms with E-state index in [1.54, 1.807) is 14.2 Å². The minimum atomic E-state index is 0.0540. The quantitative estimate of drug-likeness (QED) is 0.859. The van der Waals surface area contributed by atoms with Crippen LogP contribution in [0.2, 0.25) is 0 Å². The number of hydrogen-bond acceptors (Lipinski definition) is 3. The van der Waals surface area contributed by atoms with Crippen molar-refractivity contribution in [2.45, 2.75) is 50.0 Å². The number of rotatable bonds is 6. The Morgan fingerprint density at radius 3 is 2.56 bits per heavy atom. The largest absolute Gasteiger partial charge is 0.497 e. The third-order valence-electron chi connectivity index (χ3n) is 5.84. The summed E-state index contributed by atoms with van der Waals surface area (Å²) in [6.07, 6.45) is 6.79. The minimum absolute atomic E-state index is 0.0540. The van der Waals surface area contributed by atoms with E-state index in [4.69, 9.17) is 9.47 Å². The zero-order valence-electron chi connectivity index (χ0n) is 15.4. The number of benzene rings is 1. The van der Waals surface area contributed by atoms with Gasteiger partial charge in [-0.25, -0.2) is 4.79 Å². The van der Waals surface area contributed by atoms with Gasteiger partial charge in [0.15, 0.2) is 0 Å². The Hall–Kier alpha value is -1.75. The van der Waals surface area contributed by atoms with Crippen LogP contribution in [0.5, 0.6) is 5.75 Å². The molecular weight excluding hydrogens is 316 g/mol. The number of ether oxygens (including phenoxy) is 2. The summed E-state index contributed by atoms with van der Waals surface area (Å²) in [7, 11) is 3.39. The third-order valence-corrected chi connectivity index (χ3v) is 5.84. The fourth-order valence-corrected chi connectivity index (χ4v) is 4.38. The highest BCUT2D eigenvalue weighted by atomic mass is 16.5. The van der Waals surface area contributed by atoms with Gasteiger partial charge in [0, 0.05) is 25.6 Å². The molecule has 0 bridgehead atoms. The molecule has 1 aliphatic heterocycles. The van der Waals surface area contributed by atoms with Crippen LogP contribution in [-0.4, -0.2) is 50.9 Å². The molecule has 1 N–H and O–H groups in total. The van der Waals surface area contributed by atoms with Gasteiger partial charge in [-0.2, -0.15) is 0 Å². The van der Waals surface area contributed by atoms with Crippen molar-refractivity contribution < 1.29 is 14.3 Å². The lowest BCUT2D eigenvalue weighted by Crippen LogP contribution is -2.48. The van der Waals surface area contributed by atoms with Crippen molar-refractivity contribution in [3.63, 3.8) is 0 Å². The van der Waals surface area contributed by atoms with Crippen molar-refractivity contribution in [1.29, 1.82) is 0 Å². The van der Waals surface area contributed by atoms with Gasteiger partial charge in [-0.05, 0) is 43.4 Å². The Morgan fingerprint density at radius 1 is 1.20 bits per heavy atom. The molecule has 0 radical (unpaired) electrons. The first-order valence-electron chi connectivity index (χ1n) is 9.36. The summed E-state index contributed by atoms with van der Waals surface area (Å²) >= 11 is 0. The second-order valence-corrected chi connectivity index (χ2v) is 7.32. The molecule has 138 valence electrons. The molecule has 1 aliphatic carbocycles. The summed E-state index contributed by atoms with van der Waals surface area (Å²) in [6.45, 7) is 2.15. The van der Waals surface area contributed by atoms with Crippen LogP contribution in [-0.2, 0) is 10.2 Å². The number of nitrogens with one attached hydrogen (secondary N) is 1. The number of urea groups is 1. The number of carbonyl (C=O) groups excluding carboxylic acids is 1. The van der Waals surface area contributed by atoms with Crippen LogP contribution in [0.25, 0.3) is 0 Å². The van der Waals surface area contributed by atoms with Crippen LogP contribution in [0.1, 0.15) is 44.1 Å². The number of methoxy groups -OCH3 is 2. The summed E-state index contributed by atoms with van der Waals surface area (Å²) in [6, 6.07) is 8.61. The normalized spacial score (nSPS) is 22.2. The van der Waals surface area contributed by atoms with E-state index in [0.717, 1.165) is 38.0 Å². The van der Waals surface area contributed by atoms with Crippen molar-refractivity contribution >= 4 is 6.03 Å². The Kier molecular flexibility index (Phi) is 5.84. The van der Waals surface area contributed by atoms with Gasteiger partial charge in [-0.15, -0.1) is 0 Å². The average Bonchev–Trinajstić information content (AvgIpc) is 3.30. The maximum absolute atomic E-state index is 12.7. The highest BCUT2D eigenvalue weighted by Gasteiger charge is 2.37. The minimum Gasteiger partial charge on any atom is -0.497 e. The molecule has 5 nitrogen and oxygen atoms in total. The van der Waals surface area contributed by atoms with Crippen LogP contribution in [0.4, 0.5) is 4.79 Å². The second-order valence-electron chi connectivity index (χ2n) is 7.32. The molecule has 2 aliphatic rings.